The summed E-state index contributed by atoms with van der Waals surface area (Å²) in [5.41, 5.74) is 0.899. The van der Waals surface area contributed by atoms with Crippen LogP contribution in [0.15, 0.2) is 22.7 Å². The lowest BCUT2D eigenvalue weighted by atomic mass is 10.2. The van der Waals surface area contributed by atoms with Crippen LogP contribution in [0, 0.1) is 5.92 Å². The molecule has 0 atom stereocenters. The number of aromatic nitrogens is 3. The van der Waals surface area contributed by atoms with E-state index in [9.17, 15) is 0 Å². The molecule has 0 saturated carbocycles. The molecule has 0 fully saturated rings. The second-order valence-corrected chi connectivity index (χ2v) is 6.47. The molecule has 0 spiro atoms. The molecule has 3 nitrogen and oxygen atoms in total. The predicted molar refractivity (Wildman–Crippen MR) is 85.6 cm³/mol. The third-order valence-electron chi connectivity index (χ3n) is 2.69. The van der Waals surface area contributed by atoms with Crippen molar-refractivity contribution < 1.29 is 0 Å². The van der Waals surface area contributed by atoms with E-state index in [-0.39, 0.29) is 0 Å². The molecular weight excluding hydrogens is 393 g/mol. The van der Waals surface area contributed by atoms with E-state index in [0.717, 1.165) is 28.2 Å². The van der Waals surface area contributed by atoms with Gasteiger partial charge in [-0.2, -0.15) is 0 Å². The molecule has 0 aliphatic heterocycles. The van der Waals surface area contributed by atoms with Gasteiger partial charge in [-0.25, -0.2) is 0 Å². The van der Waals surface area contributed by atoms with E-state index in [1.54, 1.807) is 0 Å². The zero-order valence-electron chi connectivity index (χ0n) is 10.7. The Kier molecular flexibility index (Phi) is 5.03. The van der Waals surface area contributed by atoms with Crippen LogP contribution in [0.1, 0.15) is 19.7 Å². The summed E-state index contributed by atoms with van der Waals surface area (Å²) in [4.78, 5) is 0. The van der Waals surface area contributed by atoms with Crippen LogP contribution in [0.4, 0.5) is 0 Å². The molecule has 0 aliphatic carbocycles. The molecule has 0 amide bonds. The quantitative estimate of drug-likeness (QED) is 0.674. The summed E-state index contributed by atoms with van der Waals surface area (Å²) in [6.45, 7) is 5.21. The van der Waals surface area contributed by atoms with Crippen LogP contribution in [0.5, 0.6) is 0 Å². The van der Waals surface area contributed by atoms with Gasteiger partial charge in [0.15, 0.2) is 5.82 Å². The minimum atomic E-state index is 0.512. The Balaban J connectivity index is 2.55. The average molecular weight is 408 g/mol. The summed E-state index contributed by atoms with van der Waals surface area (Å²) in [6, 6.07) is 5.83. The fourth-order valence-electron chi connectivity index (χ4n) is 1.87. The minimum Gasteiger partial charge on any atom is -0.310 e. The van der Waals surface area contributed by atoms with Crippen LogP contribution < -0.4 is 0 Å². The third-order valence-corrected chi connectivity index (χ3v) is 4.48. The highest BCUT2D eigenvalue weighted by Gasteiger charge is 2.17. The summed E-state index contributed by atoms with van der Waals surface area (Å²) in [5.74, 6) is 2.24. The first-order valence-electron chi connectivity index (χ1n) is 5.97. The fraction of sp³-hybridized carbons (Fsp3) is 0.385. The Morgan fingerprint density at radius 1 is 1.32 bits per heavy atom. The van der Waals surface area contributed by atoms with Gasteiger partial charge in [-0.1, -0.05) is 47.4 Å². The van der Waals surface area contributed by atoms with Crippen LogP contribution in [-0.4, -0.2) is 14.8 Å². The number of hydrogen-bond donors (Lipinski definition) is 0. The molecule has 2 aromatic rings. The molecule has 0 radical (unpaired) electrons. The maximum absolute atomic E-state index is 6.35. The molecule has 1 aromatic carbocycles. The molecule has 102 valence electrons. The van der Waals surface area contributed by atoms with Crippen LogP contribution >= 0.6 is 43.5 Å². The lowest BCUT2D eigenvalue weighted by Gasteiger charge is -2.13. The summed E-state index contributed by atoms with van der Waals surface area (Å²) in [6.07, 6.45) is 0. The molecule has 0 saturated heterocycles. The van der Waals surface area contributed by atoms with E-state index in [2.05, 4.69) is 60.5 Å². The normalized spacial score (nSPS) is 11.3. The van der Waals surface area contributed by atoms with Crippen molar-refractivity contribution in [2.24, 2.45) is 5.92 Å². The van der Waals surface area contributed by atoms with Crippen LogP contribution in [0.25, 0.3) is 11.4 Å². The van der Waals surface area contributed by atoms with E-state index in [1.165, 1.54) is 0 Å². The molecule has 1 aromatic heterocycles. The Hall–Kier alpha value is -0.390. The van der Waals surface area contributed by atoms with Gasteiger partial charge in [-0.05, 0) is 34.0 Å². The second kappa shape index (κ2) is 6.37. The number of halogens is 3. The Morgan fingerprint density at radius 2 is 2.05 bits per heavy atom. The highest BCUT2D eigenvalue weighted by atomic mass is 79.9. The van der Waals surface area contributed by atoms with E-state index >= 15 is 0 Å². The summed E-state index contributed by atoms with van der Waals surface area (Å²) in [7, 11) is 0. The standard InChI is InChI=1S/C13H14Br2ClN3/c1-8(2)7-19-11(6-14)17-18-13(19)9-4-3-5-10(15)12(9)16/h3-5,8H,6-7H2,1-2H3. The molecule has 19 heavy (non-hydrogen) atoms. The van der Waals surface area contributed by atoms with Gasteiger partial charge in [0.2, 0.25) is 0 Å². The van der Waals surface area contributed by atoms with Crippen molar-refractivity contribution in [3.63, 3.8) is 0 Å². The van der Waals surface area contributed by atoms with Gasteiger partial charge >= 0.3 is 0 Å². The van der Waals surface area contributed by atoms with Crippen molar-refractivity contribution >= 4 is 43.5 Å². The predicted octanol–water partition coefficient (Wildman–Crippen LogP) is 4.91. The minimum absolute atomic E-state index is 0.512. The van der Waals surface area contributed by atoms with Crippen molar-refractivity contribution in [3.8, 4) is 11.4 Å². The first-order valence-corrected chi connectivity index (χ1v) is 8.26. The smallest absolute Gasteiger partial charge is 0.165 e. The molecular formula is C13H14Br2ClN3. The van der Waals surface area contributed by atoms with Crippen molar-refractivity contribution in [1.29, 1.82) is 0 Å². The maximum Gasteiger partial charge on any atom is 0.165 e. The van der Waals surface area contributed by atoms with Gasteiger partial charge in [0, 0.05) is 16.6 Å². The third kappa shape index (κ3) is 3.20. The first kappa shape index (κ1) is 15.0. The van der Waals surface area contributed by atoms with Crippen molar-refractivity contribution in [2.45, 2.75) is 25.7 Å². The zero-order valence-corrected chi connectivity index (χ0v) is 14.6. The lowest BCUT2D eigenvalue weighted by molar-refractivity contribution is 0.516. The molecule has 0 unspecified atom stereocenters. The maximum atomic E-state index is 6.35. The lowest BCUT2D eigenvalue weighted by Crippen LogP contribution is -2.09. The molecule has 1 heterocycles. The summed E-state index contributed by atoms with van der Waals surface area (Å²) < 4.78 is 2.98. The van der Waals surface area contributed by atoms with Gasteiger partial charge in [-0.15, -0.1) is 10.2 Å². The fourth-order valence-corrected chi connectivity index (χ4v) is 2.86. The Morgan fingerprint density at radius 3 is 2.68 bits per heavy atom. The SMILES string of the molecule is CC(C)Cn1c(CBr)nnc1-c1cccc(Br)c1Cl. The molecule has 0 aliphatic rings. The van der Waals surface area contributed by atoms with E-state index < -0.39 is 0 Å². The highest BCUT2D eigenvalue weighted by Crippen LogP contribution is 2.33. The van der Waals surface area contributed by atoms with Crippen LogP contribution in [0.2, 0.25) is 5.02 Å². The van der Waals surface area contributed by atoms with Crippen molar-refractivity contribution in [2.75, 3.05) is 0 Å². The summed E-state index contributed by atoms with van der Waals surface area (Å²) in [5, 5.41) is 9.86. The molecule has 6 heteroatoms. The summed E-state index contributed by atoms with van der Waals surface area (Å²) >= 11 is 13.2. The number of nitrogens with zero attached hydrogens (tertiary/aromatic N) is 3. The van der Waals surface area contributed by atoms with E-state index in [0.29, 0.717) is 16.3 Å². The molecule has 0 N–H and O–H groups in total. The second-order valence-electron chi connectivity index (χ2n) is 4.68. The van der Waals surface area contributed by atoms with Gasteiger partial charge in [0.25, 0.3) is 0 Å². The number of benzene rings is 1. The van der Waals surface area contributed by atoms with Gasteiger partial charge < -0.3 is 4.57 Å². The topological polar surface area (TPSA) is 30.7 Å². The molecule has 2 rings (SSSR count). The Labute approximate surface area is 134 Å². The number of alkyl halides is 1. The number of hydrogen-bond acceptors (Lipinski definition) is 2. The molecule has 0 bridgehead atoms. The highest BCUT2D eigenvalue weighted by molar-refractivity contribution is 9.10. The van der Waals surface area contributed by atoms with Crippen molar-refractivity contribution in [3.05, 3.63) is 33.5 Å². The average Bonchev–Trinajstić information content (AvgIpc) is 2.75. The largest absolute Gasteiger partial charge is 0.310 e. The number of rotatable bonds is 4. The monoisotopic (exact) mass is 405 g/mol. The Bertz CT molecular complexity index is 581. The van der Waals surface area contributed by atoms with Crippen LogP contribution in [0.3, 0.4) is 0 Å². The van der Waals surface area contributed by atoms with Gasteiger partial charge in [0.05, 0.1) is 10.4 Å². The zero-order chi connectivity index (χ0) is 14.0. The van der Waals surface area contributed by atoms with E-state index in [1.807, 2.05) is 18.2 Å². The van der Waals surface area contributed by atoms with Gasteiger partial charge in [0.1, 0.15) is 5.82 Å². The van der Waals surface area contributed by atoms with E-state index in [4.69, 9.17) is 11.6 Å². The van der Waals surface area contributed by atoms with Gasteiger partial charge in [-0.3, -0.25) is 0 Å². The first-order chi connectivity index (χ1) is 9.04. The van der Waals surface area contributed by atoms with Crippen molar-refractivity contribution in [1.82, 2.24) is 14.8 Å². The van der Waals surface area contributed by atoms with Crippen LogP contribution in [-0.2, 0) is 11.9 Å².